The lowest BCUT2D eigenvalue weighted by atomic mass is 10.2. The van der Waals surface area contributed by atoms with Gasteiger partial charge in [0.05, 0.1) is 26.0 Å². The molecule has 2 aromatic heterocycles. The molecule has 3 rings (SSSR count). The molecule has 0 amide bonds. The number of nitrogens with one attached hydrogen (secondary N) is 2. The summed E-state index contributed by atoms with van der Waals surface area (Å²) in [5.41, 5.74) is 1.14. The number of pyridine rings is 1. The van der Waals surface area contributed by atoms with Crippen molar-refractivity contribution in [2.24, 2.45) is 4.99 Å². The van der Waals surface area contributed by atoms with E-state index in [1.54, 1.807) is 6.26 Å². The molecule has 2 N–H and O–H groups in total. The lowest BCUT2D eigenvalue weighted by molar-refractivity contribution is 0.0394. The van der Waals surface area contributed by atoms with Gasteiger partial charge in [-0.3, -0.25) is 9.89 Å². The number of furan rings is 1. The molecule has 2 aromatic rings. The van der Waals surface area contributed by atoms with Gasteiger partial charge in [-0.1, -0.05) is 17.7 Å². The van der Waals surface area contributed by atoms with Gasteiger partial charge in [-0.15, -0.1) is 0 Å². The number of rotatable bonds is 9. The SMILES string of the molecule is Clc1ccc(CCNC(=NCCN2CCOCC2)NCCc2ccco2)cn1. The summed E-state index contributed by atoms with van der Waals surface area (Å²) < 4.78 is 10.8. The van der Waals surface area contributed by atoms with Crippen molar-refractivity contribution in [3.8, 4) is 0 Å². The maximum absolute atomic E-state index is 5.84. The molecule has 0 aromatic carbocycles. The summed E-state index contributed by atoms with van der Waals surface area (Å²) in [5.74, 6) is 1.79. The van der Waals surface area contributed by atoms with Crippen molar-refractivity contribution in [3.05, 3.63) is 53.2 Å². The number of aromatic nitrogens is 1. The maximum Gasteiger partial charge on any atom is 0.191 e. The molecule has 7 nitrogen and oxygen atoms in total. The molecule has 1 aliphatic rings. The van der Waals surface area contributed by atoms with Crippen LogP contribution in [0.3, 0.4) is 0 Å². The Labute approximate surface area is 171 Å². The summed E-state index contributed by atoms with van der Waals surface area (Å²) in [6.07, 6.45) is 5.18. The summed E-state index contributed by atoms with van der Waals surface area (Å²) in [4.78, 5) is 11.2. The average Bonchev–Trinajstić information content (AvgIpc) is 3.23. The first-order valence-corrected chi connectivity index (χ1v) is 10.1. The Bertz CT molecular complexity index is 700. The van der Waals surface area contributed by atoms with Crippen molar-refractivity contribution in [2.75, 3.05) is 52.5 Å². The number of ether oxygens (including phenoxy) is 1. The van der Waals surface area contributed by atoms with E-state index >= 15 is 0 Å². The minimum Gasteiger partial charge on any atom is -0.469 e. The van der Waals surface area contributed by atoms with Gasteiger partial charge in [-0.2, -0.15) is 0 Å². The fraction of sp³-hybridized carbons (Fsp3) is 0.500. The van der Waals surface area contributed by atoms with E-state index in [-0.39, 0.29) is 0 Å². The monoisotopic (exact) mass is 405 g/mol. The van der Waals surface area contributed by atoms with E-state index in [1.165, 1.54) is 0 Å². The van der Waals surface area contributed by atoms with Crippen LogP contribution in [0.1, 0.15) is 11.3 Å². The van der Waals surface area contributed by atoms with Gasteiger partial charge in [-0.05, 0) is 30.2 Å². The first-order chi connectivity index (χ1) is 13.8. The van der Waals surface area contributed by atoms with E-state index in [4.69, 9.17) is 25.7 Å². The Morgan fingerprint density at radius 3 is 2.68 bits per heavy atom. The third-order valence-electron chi connectivity index (χ3n) is 4.53. The average molecular weight is 406 g/mol. The van der Waals surface area contributed by atoms with Gasteiger partial charge in [-0.25, -0.2) is 4.98 Å². The fourth-order valence-corrected chi connectivity index (χ4v) is 3.05. The normalized spacial score (nSPS) is 15.5. The Kier molecular flexibility index (Phi) is 8.61. The third-order valence-corrected chi connectivity index (χ3v) is 4.75. The molecule has 1 aliphatic heterocycles. The molecule has 1 saturated heterocycles. The fourth-order valence-electron chi connectivity index (χ4n) is 2.94. The topological polar surface area (TPSA) is 74.9 Å². The molecule has 28 heavy (non-hydrogen) atoms. The van der Waals surface area contributed by atoms with Gasteiger partial charge < -0.3 is 19.8 Å². The van der Waals surface area contributed by atoms with Crippen molar-refractivity contribution >= 4 is 17.6 Å². The molecule has 1 fully saturated rings. The number of halogens is 1. The molecule has 0 bridgehead atoms. The standard InChI is InChI=1S/C20H28ClN5O2/c21-19-4-3-17(16-25-19)5-7-22-20(23-8-6-18-2-1-13-28-18)24-9-10-26-11-14-27-15-12-26/h1-4,13,16H,5-12,14-15H2,(H2,22,23,24). The second-order valence-corrected chi connectivity index (χ2v) is 6.99. The molecule has 3 heterocycles. The third kappa shape index (κ3) is 7.50. The van der Waals surface area contributed by atoms with E-state index in [1.807, 2.05) is 30.5 Å². The van der Waals surface area contributed by atoms with E-state index in [9.17, 15) is 0 Å². The lowest BCUT2D eigenvalue weighted by Crippen LogP contribution is -2.41. The van der Waals surface area contributed by atoms with Crippen molar-refractivity contribution in [1.29, 1.82) is 0 Å². The zero-order valence-corrected chi connectivity index (χ0v) is 16.8. The second-order valence-electron chi connectivity index (χ2n) is 6.61. The van der Waals surface area contributed by atoms with Gasteiger partial charge in [0.1, 0.15) is 10.9 Å². The highest BCUT2D eigenvalue weighted by Gasteiger charge is 2.09. The maximum atomic E-state index is 5.84. The predicted molar refractivity (Wildman–Crippen MR) is 111 cm³/mol. The summed E-state index contributed by atoms with van der Waals surface area (Å²) in [6.45, 7) is 6.80. The predicted octanol–water partition coefficient (Wildman–Crippen LogP) is 1.98. The molecule has 0 saturated carbocycles. The molecule has 8 heteroatoms. The number of hydrogen-bond acceptors (Lipinski definition) is 5. The van der Waals surface area contributed by atoms with Crippen molar-refractivity contribution in [1.82, 2.24) is 20.5 Å². The number of guanidine groups is 1. The smallest absolute Gasteiger partial charge is 0.191 e. The zero-order chi connectivity index (χ0) is 19.4. The molecule has 0 spiro atoms. The molecule has 0 atom stereocenters. The Morgan fingerprint density at radius 2 is 1.96 bits per heavy atom. The van der Waals surface area contributed by atoms with Crippen LogP contribution in [-0.4, -0.2) is 68.3 Å². The second kappa shape index (κ2) is 11.7. The van der Waals surface area contributed by atoms with Crippen molar-refractivity contribution < 1.29 is 9.15 Å². The van der Waals surface area contributed by atoms with Crippen LogP contribution in [0.2, 0.25) is 5.15 Å². The molecular weight excluding hydrogens is 378 g/mol. The lowest BCUT2D eigenvalue weighted by Gasteiger charge is -2.25. The van der Waals surface area contributed by atoms with Crippen molar-refractivity contribution in [2.45, 2.75) is 12.8 Å². The number of nitrogens with zero attached hydrogens (tertiary/aromatic N) is 3. The van der Waals surface area contributed by atoms with E-state index in [0.717, 1.165) is 82.6 Å². The van der Waals surface area contributed by atoms with Crippen LogP contribution in [-0.2, 0) is 17.6 Å². The zero-order valence-electron chi connectivity index (χ0n) is 16.1. The number of aliphatic imine (C=N–C) groups is 1. The highest BCUT2D eigenvalue weighted by atomic mass is 35.5. The number of morpholine rings is 1. The highest BCUT2D eigenvalue weighted by Crippen LogP contribution is 2.05. The van der Waals surface area contributed by atoms with Gasteiger partial charge in [0.15, 0.2) is 5.96 Å². The van der Waals surface area contributed by atoms with Crippen LogP contribution in [0.5, 0.6) is 0 Å². The molecular formula is C20H28ClN5O2. The summed E-state index contributed by atoms with van der Waals surface area (Å²) in [5, 5.41) is 7.31. The summed E-state index contributed by atoms with van der Waals surface area (Å²) >= 11 is 5.84. The Hall–Kier alpha value is -2.09. The summed E-state index contributed by atoms with van der Waals surface area (Å²) in [7, 11) is 0. The van der Waals surface area contributed by atoms with Gasteiger partial charge >= 0.3 is 0 Å². The van der Waals surface area contributed by atoms with Crippen LogP contribution in [0.25, 0.3) is 0 Å². The van der Waals surface area contributed by atoms with E-state index < -0.39 is 0 Å². The Balaban J connectivity index is 1.45. The first kappa shape index (κ1) is 20.6. The number of hydrogen-bond donors (Lipinski definition) is 2. The largest absolute Gasteiger partial charge is 0.469 e. The minimum atomic E-state index is 0.515. The van der Waals surface area contributed by atoms with Crippen LogP contribution in [0.4, 0.5) is 0 Å². The molecule has 152 valence electrons. The van der Waals surface area contributed by atoms with Gasteiger partial charge in [0, 0.05) is 45.3 Å². The highest BCUT2D eigenvalue weighted by molar-refractivity contribution is 6.29. The molecule has 0 radical (unpaired) electrons. The van der Waals surface area contributed by atoms with Crippen LogP contribution >= 0.6 is 11.6 Å². The van der Waals surface area contributed by atoms with E-state index in [2.05, 4.69) is 20.5 Å². The molecule has 0 unspecified atom stereocenters. The van der Waals surface area contributed by atoms with Crippen molar-refractivity contribution in [3.63, 3.8) is 0 Å². The van der Waals surface area contributed by atoms with Gasteiger partial charge in [0.2, 0.25) is 0 Å². The van der Waals surface area contributed by atoms with Crippen LogP contribution in [0, 0.1) is 0 Å². The van der Waals surface area contributed by atoms with Crippen LogP contribution < -0.4 is 10.6 Å². The Morgan fingerprint density at radius 1 is 1.14 bits per heavy atom. The van der Waals surface area contributed by atoms with Crippen LogP contribution in [0.15, 0.2) is 46.1 Å². The van der Waals surface area contributed by atoms with Gasteiger partial charge in [0.25, 0.3) is 0 Å². The van der Waals surface area contributed by atoms with E-state index in [0.29, 0.717) is 5.15 Å². The minimum absolute atomic E-state index is 0.515. The molecule has 0 aliphatic carbocycles. The first-order valence-electron chi connectivity index (χ1n) is 9.75. The summed E-state index contributed by atoms with van der Waals surface area (Å²) in [6, 6.07) is 7.70. The quantitative estimate of drug-likeness (QED) is 0.377.